The Bertz CT molecular complexity index is 380. The van der Waals surface area contributed by atoms with Crippen molar-refractivity contribution in [1.82, 2.24) is 10.3 Å². The molecule has 3 nitrogen and oxygen atoms in total. The standard InChI is InChI=1S/C14H24N2OS/c1-4-6-15-10-14(5-7-17-11(14)2)8-13-9-18-12(3)16-13/h9,11,15H,4-8,10H2,1-3H3. The van der Waals surface area contributed by atoms with Gasteiger partial charge in [0.2, 0.25) is 0 Å². The van der Waals surface area contributed by atoms with E-state index in [1.165, 1.54) is 12.1 Å². The molecule has 0 aromatic carbocycles. The molecule has 18 heavy (non-hydrogen) atoms. The highest BCUT2D eigenvalue weighted by atomic mass is 32.1. The molecule has 0 radical (unpaired) electrons. The zero-order valence-electron chi connectivity index (χ0n) is 11.7. The predicted molar refractivity (Wildman–Crippen MR) is 76.2 cm³/mol. The number of hydrogen-bond donors (Lipinski definition) is 1. The van der Waals surface area contributed by atoms with Crippen LogP contribution in [-0.4, -0.2) is 30.8 Å². The molecule has 1 aliphatic heterocycles. The van der Waals surface area contributed by atoms with E-state index in [-0.39, 0.29) is 5.41 Å². The quantitative estimate of drug-likeness (QED) is 0.806. The summed E-state index contributed by atoms with van der Waals surface area (Å²) in [5, 5.41) is 6.93. The van der Waals surface area contributed by atoms with Gasteiger partial charge >= 0.3 is 0 Å². The molecule has 0 bridgehead atoms. The molecule has 1 fully saturated rings. The van der Waals surface area contributed by atoms with Crippen molar-refractivity contribution in [2.24, 2.45) is 5.41 Å². The summed E-state index contributed by atoms with van der Waals surface area (Å²) in [6.45, 7) is 9.50. The topological polar surface area (TPSA) is 34.2 Å². The zero-order valence-corrected chi connectivity index (χ0v) is 12.5. The maximum Gasteiger partial charge on any atom is 0.0897 e. The van der Waals surface area contributed by atoms with Gasteiger partial charge in [-0.3, -0.25) is 0 Å². The first kappa shape index (κ1) is 14.0. The van der Waals surface area contributed by atoms with Gasteiger partial charge in [-0.05, 0) is 39.7 Å². The minimum absolute atomic E-state index is 0.232. The van der Waals surface area contributed by atoms with Crippen LogP contribution in [-0.2, 0) is 11.2 Å². The van der Waals surface area contributed by atoms with Crippen LogP contribution in [0.25, 0.3) is 0 Å². The first-order valence-corrected chi connectivity index (χ1v) is 7.77. The molecule has 1 aliphatic rings. The van der Waals surface area contributed by atoms with Crippen molar-refractivity contribution >= 4 is 11.3 Å². The average Bonchev–Trinajstić information content (AvgIpc) is 2.88. The number of aromatic nitrogens is 1. The molecule has 1 N–H and O–H groups in total. The van der Waals surface area contributed by atoms with Crippen molar-refractivity contribution in [3.63, 3.8) is 0 Å². The van der Waals surface area contributed by atoms with Gasteiger partial charge < -0.3 is 10.1 Å². The SMILES string of the molecule is CCCNCC1(Cc2csc(C)n2)CCOC1C. The fraction of sp³-hybridized carbons (Fsp3) is 0.786. The van der Waals surface area contributed by atoms with Gasteiger partial charge in [0.05, 0.1) is 16.8 Å². The lowest BCUT2D eigenvalue weighted by Crippen LogP contribution is -2.41. The Morgan fingerprint density at radius 1 is 1.61 bits per heavy atom. The summed E-state index contributed by atoms with van der Waals surface area (Å²) in [6, 6.07) is 0. The molecule has 2 heterocycles. The van der Waals surface area contributed by atoms with E-state index >= 15 is 0 Å². The molecular formula is C14H24N2OS. The highest BCUT2D eigenvalue weighted by Gasteiger charge is 2.41. The van der Waals surface area contributed by atoms with Gasteiger partial charge in [-0.2, -0.15) is 0 Å². The van der Waals surface area contributed by atoms with Gasteiger partial charge in [0.25, 0.3) is 0 Å². The Morgan fingerprint density at radius 2 is 2.44 bits per heavy atom. The molecule has 1 aromatic rings. The molecule has 0 saturated carbocycles. The summed E-state index contributed by atoms with van der Waals surface area (Å²) >= 11 is 1.74. The Labute approximate surface area is 114 Å². The number of nitrogens with one attached hydrogen (secondary N) is 1. The number of ether oxygens (including phenoxy) is 1. The van der Waals surface area contributed by atoms with E-state index in [2.05, 4.69) is 36.5 Å². The van der Waals surface area contributed by atoms with Gasteiger partial charge in [-0.25, -0.2) is 4.98 Å². The van der Waals surface area contributed by atoms with Crippen molar-refractivity contribution in [3.8, 4) is 0 Å². The molecule has 102 valence electrons. The van der Waals surface area contributed by atoms with Crippen LogP contribution < -0.4 is 5.32 Å². The van der Waals surface area contributed by atoms with Crippen LogP contribution in [0.3, 0.4) is 0 Å². The fourth-order valence-corrected chi connectivity index (χ4v) is 3.32. The summed E-state index contributed by atoms with van der Waals surface area (Å²) in [5.41, 5.74) is 1.46. The summed E-state index contributed by atoms with van der Waals surface area (Å²) in [4.78, 5) is 4.62. The molecular weight excluding hydrogens is 244 g/mol. The first-order valence-electron chi connectivity index (χ1n) is 6.89. The molecule has 1 aromatic heterocycles. The van der Waals surface area contributed by atoms with E-state index in [9.17, 15) is 0 Å². The van der Waals surface area contributed by atoms with Crippen LogP contribution in [0.15, 0.2) is 5.38 Å². The van der Waals surface area contributed by atoms with E-state index in [0.717, 1.165) is 37.5 Å². The maximum atomic E-state index is 5.81. The number of rotatable bonds is 6. The molecule has 2 rings (SSSR count). The first-order chi connectivity index (χ1) is 8.66. The monoisotopic (exact) mass is 268 g/mol. The second-order valence-corrected chi connectivity index (χ2v) is 6.40. The van der Waals surface area contributed by atoms with Crippen LogP contribution in [0.2, 0.25) is 0 Å². The maximum absolute atomic E-state index is 5.81. The minimum atomic E-state index is 0.232. The van der Waals surface area contributed by atoms with Gasteiger partial charge in [0.15, 0.2) is 0 Å². The second-order valence-electron chi connectivity index (χ2n) is 5.34. The summed E-state index contributed by atoms with van der Waals surface area (Å²) in [7, 11) is 0. The van der Waals surface area contributed by atoms with Crippen molar-refractivity contribution in [2.75, 3.05) is 19.7 Å². The third kappa shape index (κ3) is 3.11. The predicted octanol–water partition coefficient (Wildman–Crippen LogP) is 2.79. The number of thiazole rings is 1. The number of hydrogen-bond acceptors (Lipinski definition) is 4. The van der Waals surface area contributed by atoms with Crippen LogP contribution in [0, 0.1) is 12.3 Å². The van der Waals surface area contributed by atoms with E-state index in [0.29, 0.717) is 6.10 Å². The van der Waals surface area contributed by atoms with Gasteiger partial charge in [0, 0.05) is 23.9 Å². The Morgan fingerprint density at radius 3 is 3.00 bits per heavy atom. The van der Waals surface area contributed by atoms with Crippen molar-refractivity contribution in [3.05, 3.63) is 16.1 Å². The van der Waals surface area contributed by atoms with Gasteiger partial charge in [0.1, 0.15) is 0 Å². The largest absolute Gasteiger partial charge is 0.378 e. The minimum Gasteiger partial charge on any atom is -0.378 e. The van der Waals surface area contributed by atoms with E-state index in [4.69, 9.17) is 4.74 Å². The molecule has 0 aliphatic carbocycles. The normalized spacial score (nSPS) is 27.8. The highest BCUT2D eigenvalue weighted by Crippen LogP contribution is 2.37. The third-order valence-electron chi connectivity index (χ3n) is 3.93. The molecule has 0 spiro atoms. The molecule has 0 amide bonds. The van der Waals surface area contributed by atoms with Crippen LogP contribution in [0.5, 0.6) is 0 Å². The molecule has 1 saturated heterocycles. The number of nitrogens with zero attached hydrogens (tertiary/aromatic N) is 1. The fourth-order valence-electron chi connectivity index (χ4n) is 2.71. The Kier molecular flexibility index (Phi) is 4.76. The Balaban J connectivity index is 2.04. The second kappa shape index (κ2) is 6.13. The zero-order chi connectivity index (χ0) is 13.0. The lowest BCUT2D eigenvalue weighted by atomic mass is 9.77. The van der Waals surface area contributed by atoms with Crippen LogP contribution in [0.4, 0.5) is 0 Å². The van der Waals surface area contributed by atoms with Crippen LogP contribution >= 0.6 is 11.3 Å². The molecule has 4 heteroatoms. The average molecular weight is 268 g/mol. The van der Waals surface area contributed by atoms with Gasteiger partial charge in [-0.1, -0.05) is 6.92 Å². The highest BCUT2D eigenvalue weighted by molar-refractivity contribution is 7.09. The lowest BCUT2D eigenvalue weighted by Gasteiger charge is -2.32. The third-order valence-corrected chi connectivity index (χ3v) is 4.76. The molecule has 2 atom stereocenters. The summed E-state index contributed by atoms with van der Waals surface area (Å²) < 4.78 is 5.81. The lowest BCUT2D eigenvalue weighted by molar-refractivity contribution is 0.0627. The van der Waals surface area contributed by atoms with E-state index in [1.807, 2.05) is 0 Å². The van der Waals surface area contributed by atoms with Crippen molar-refractivity contribution < 1.29 is 4.74 Å². The Hall–Kier alpha value is -0.450. The van der Waals surface area contributed by atoms with Crippen molar-refractivity contribution in [1.29, 1.82) is 0 Å². The van der Waals surface area contributed by atoms with E-state index in [1.54, 1.807) is 11.3 Å². The van der Waals surface area contributed by atoms with Gasteiger partial charge in [-0.15, -0.1) is 11.3 Å². The summed E-state index contributed by atoms with van der Waals surface area (Å²) in [6.07, 6.45) is 3.68. The van der Waals surface area contributed by atoms with Crippen LogP contribution in [0.1, 0.15) is 37.4 Å². The van der Waals surface area contributed by atoms with Crippen molar-refractivity contribution in [2.45, 2.75) is 46.1 Å². The molecule has 2 unspecified atom stereocenters. The number of aryl methyl sites for hydroxylation is 1. The smallest absolute Gasteiger partial charge is 0.0897 e. The van der Waals surface area contributed by atoms with E-state index < -0.39 is 0 Å². The summed E-state index contributed by atoms with van der Waals surface area (Å²) in [5.74, 6) is 0.